The smallest absolute Gasteiger partial charge is 0.271 e. The second-order valence-electron chi connectivity index (χ2n) is 9.47. The minimum atomic E-state index is -2.63. The summed E-state index contributed by atoms with van der Waals surface area (Å²) in [4.78, 5) is 28.1. The van der Waals surface area contributed by atoms with Crippen molar-refractivity contribution in [2.45, 2.75) is 18.8 Å². The van der Waals surface area contributed by atoms with Crippen molar-refractivity contribution in [3.05, 3.63) is 58.1 Å². The van der Waals surface area contributed by atoms with Crippen LogP contribution in [0.4, 0.5) is 31.5 Å². The molecule has 0 aromatic heterocycles. The fourth-order valence-electron chi connectivity index (χ4n) is 4.33. The molecule has 2 aromatic carbocycles. The molecule has 2 fully saturated rings. The van der Waals surface area contributed by atoms with E-state index in [9.17, 15) is 23.7 Å². The Morgan fingerprint density at radius 2 is 1.71 bits per heavy atom. The van der Waals surface area contributed by atoms with Crippen molar-refractivity contribution >= 4 is 38.7 Å². The number of nitro groups is 1. The van der Waals surface area contributed by atoms with E-state index >= 15 is 0 Å². The molecule has 2 aliphatic heterocycles. The Balaban J connectivity index is 1.55. The van der Waals surface area contributed by atoms with E-state index in [1.54, 1.807) is 18.2 Å². The maximum atomic E-state index is 13.5. The highest BCUT2D eigenvalue weighted by molar-refractivity contribution is 8.32. The van der Waals surface area contributed by atoms with Gasteiger partial charge in [0.15, 0.2) is 0 Å². The number of rotatable bonds is 5. The van der Waals surface area contributed by atoms with Crippen LogP contribution in [0.15, 0.2) is 42.5 Å². The first kappa shape index (κ1) is 24.3. The number of nitrogens with one attached hydrogen (secondary N) is 1. The summed E-state index contributed by atoms with van der Waals surface area (Å²) in [5, 5.41) is 14.3. The Morgan fingerprint density at radius 3 is 2.35 bits per heavy atom. The van der Waals surface area contributed by atoms with Crippen LogP contribution in [-0.4, -0.2) is 66.9 Å². The summed E-state index contributed by atoms with van der Waals surface area (Å²) in [6.07, 6.45) is 4.18. The number of hydrogen-bond donors (Lipinski definition) is 1. The monoisotopic (exact) mass is 492 g/mol. The topological polar surface area (TPSA) is 78.7 Å². The quantitative estimate of drug-likeness (QED) is 0.471. The van der Waals surface area contributed by atoms with Gasteiger partial charge in [-0.15, -0.1) is 0 Å². The van der Waals surface area contributed by atoms with Crippen LogP contribution in [0.2, 0.25) is 0 Å². The average molecular weight is 493 g/mol. The number of halogens is 2. The fourth-order valence-corrected chi connectivity index (χ4v) is 5.96. The van der Waals surface area contributed by atoms with Crippen molar-refractivity contribution in [1.29, 1.82) is 0 Å². The minimum Gasteiger partial charge on any atom is -0.371 e. The van der Waals surface area contributed by atoms with E-state index in [0.717, 1.165) is 30.3 Å². The highest BCUT2D eigenvalue weighted by Gasteiger charge is 2.34. The Bertz CT molecular complexity index is 1080. The van der Waals surface area contributed by atoms with Gasteiger partial charge in [0.2, 0.25) is 0 Å². The summed E-state index contributed by atoms with van der Waals surface area (Å²) < 4.78 is 27.0. The number of hydrogen-bond acceptors (Lipinski definition) is 5. The van der Waals surface area contributed by atoms with Crippen LogP contribution in [-0.2, 0) is 0 Å². The number of piperidine rings is 1. The van der Waals surface area contributed by atoms with Gasteiger partial charge in [-0.2, -0.15) is 0 Å². The molecule has 0 unspecified atom stereocenters. The summed E-state index contributed by atoms with van der Waals surface area (Å²) in [6, 6.07) is 11.5. The van der Waals surface area contributed by atoms with E-state index in [1.807, 2.05) is 11.0 Å². The first-order valence-corrected chi connectivity index (χ1v) is 14.1. The van der Waals surface area contributed by atoms with Crippen molar-refractivity contribution in [1.82, 2.24) is 0 Å². The molecule has 4 rings (SSSR count). The first-order chi connectivity index (χ1) is 16.0. The number of amides is 1. The van der Waals surface area contributed by atoms with Crippen molar-refractivity contribution in [3.63, 3.8) is 0 Å². The van der Waals surface area contributed by atoms with E-state index in [1.165, 1.54) is 18.2 Å². The highest BCUT2D eigenvalue weighted by atomic mass is 32.3. The minimum absolute atomic E-state index is 0.0485. The van der Waals surface area contributed by atoms with Gasteiger partial charge in [-0.3, -0.25) is 14.9 Å². The standard InChI is InChI=1S/C24H30F2N4O3S/c1-34(2)14-12-29(13-15-34)22-17-20(30(32)33)6-7-21(22)23(31)27-18-4-3-5-19(16-18)28-10-8-24(25,26)9-11-28/h3-7,16-17H,8-15H2,1-2H3,(H,27,31). The van der Waals surface area contributed by atoms with Crippen LogP contribution < -0.4 is 15.1 Å². The lowest BCUT2D eigenvalue weighted by atomic mass is 10.1. The predicted molar refractivity (Wildman–Crippen MR) is 135 cm³/mol. The second-order valence-corrected chi connectivity index (χ2v) is 13.8. The molecule has 2 aliphatic rings. The largest absolute Gasteiger partial charge is 0.371 e. The molecule has 10 heteroatoms. The normalized spacial score (nSPS) is 20.5. The Kier molecular flexibility index (Phi) is 6.71. The number of carbonyl (C=O) groups excluding carboxylic acids is 1. The number of non-ortho nitro benzene ring substituents is 1. The van der Waals surface area contributed by atoms with E-state index in [-0.39, 0.29) is 37.5 Å². The lowest BCUT2D eigenvalue weighted by molar-refractivity contribution is -0.384. The lowest BCUT2D eigenvalue weighted by Crippen LogP contribution is -2.39. The maximum absolute atomic E-state index is 13.5. The maximum Gasteiger partial charge on any atom is 0.271 e. The van der Waals surface area contributed by atoms with E-state index < -0.39 is 20.9 Å². The molecular formula is C24H30F2N4O3S. The average Bonchev–Trinajstić information content (AvgIpc) is 2.79. The molecule has 7 nitrogen and oxygen atoms in total. The van der Waals surface area contributed by atoms with Crippen LogP contribution in [0.5, 0.6) is 0 Å². The molecule has 2 heterocycles. The summed E-state index contributed by atoms with van der Waals surface area (Å²) in [5.74, 6) is -0.967. The Morgan fingerprint density at radius 1 is 1.03 bits per heavy atom. The molecule has 0 bridgehead atoms. The van der Waals surface area contributed by atoms with Gasteiger partial charge in [0.1, 0.15) is 0 Å². The van der Waals surface area contributed by atoms with Crippen LogP contribution >= 0.6 is 10.0 Å². The molecule has 0 aliphatic carbocycles. The number of nitro benzene ring substituents is 1. The predicted octanol–water partition coefficient (Wildman–Crippen LogP) is 4.97. The van der Waals surface area contributed by atoms with Gasteiger partial charge in [-0.25, -0.2) is 18.8 Å². The molecule has 184 valence electrons. The van der Waals surface area contributed by atoms with Crippen molar-refractivity contribution < 1.29 is 18.5 Å². The number of benzene rings is 2. The highest BCUT2D eigenvalue weighted by Crippen LogP contribution is 2.43. The van der Waals surface area contributed by atoms with Crippen LogP contribution in [0.3, 0.4) is 0 Å². The summed E-state index contributed by atoms with van der Waals surface area (Å²) in [6.45, 7) is 2.01. The zero-order chi connectivity index (χ0) is 24.5. The molecule has 2 saturated heterocycles. The number of anilines is 3. The molecule has 0 radical (unpaired) electrons. The zero-order valence-electron chi connectivity index (χ0n) is 19.4. The third-order valence-corrected chi connectivity index (χ3v) is 9.14. The molecule has 1 N–H and O–H groups in total. The van der Waals surface area contributed by atoms with Crippen LogP contribution in [0.1, 0.15) is 23.2 Å². The molecule has 0 saturated carbocycles. The van der Waals surface area contributed by atoms with Crippen molar-refractivity contribution in [2.24, 2.45) is 0 Å². The number of nitrogens with zero attached hydrogens (tertiary/aromatic N) is 3. The summed E-state index contributed by atoms with van der Waals surface area (Å²) in [7, 11) is -0.682. The van der Waals surface area contributed by atoms with Gasteiger partial charge in [0, 0.05) is 62.5 Å². The van der Waals surface area contributed by atoms with Gasteiger partial charge in [-0.05, 0) is 48.3 Å². The van der Waals surface area contributed by atoms with Crippen molar-refractivity contribution in [2.75, 3.05) is 65.3 Å². The van der Waals surface area contributed by atoms with Gasteiger partial charge in [0.25, 0.3) is 17.5 Å². The molecule has 0 spiro atoms. The van der Waals surface area contributed by atoms with E-state index in [2.05, 4.69) is 22.7 Å². The SMILES string of the molecule is CS1(C)CCN(c2cc([N+](=O)[O-])ccc2C(=O)Nc2cccc(N3CCC(F)(F)CC3)c2)CC1. The molecule has 0 atom stereocenters. The van der Waals surface area contributed by atoms with E-state index in [4.69, 9.17) is 0 Å². The van der Waals surface area contributed by atoms with Crippen LogP contribution in [0.25, 0.3) is 0 Å². The first-order valence-electron chi connectivity index (χ1n) is 11.3. The Labute approximate surface area is 199 Å². The van der Waals surface area contributed by atoms with Gasteiger partial charge in [0.05, 0.1) is 16.2 Å². The number of alkyl halides is 2. The zero-order valence-corrected chi connectivity index (χ0v) is 20.2. The third kappa shape index (κ3) is 5.60. The van der Waals surface area contributed by atoms with E-state index in [0.29, 0.717) is 16.9 Å². The number of carbonyl (C=O) groups is 1. The molecular weight excluding hydrogens is 462 g/mol. The molecule has 34 heavy (non-hydrogen) atoms. The third-order valence-electron chi connectivity index (χ3n) is 6.57. The van der Waals surface area contributed by atoms with Gasteiger partial charge < -0.3 is 15.1 Å². The van der Waals surface area contributed by atoms with Crippen molar-refractivity contribution in [3.8, 4) is 0 Å². The summed E-state index contributed by atoms with van der Waals surface area (Å²) >= 11 is 0. The fraction of sp³-hybridized carbons (Fsp3) is 0.458. The lowest BCUT2D eigenvalue weighted by Gasteiger charge is -2.42. The van der Waals surface area contributed by atoms with Crippen LogP contribution in [0, 0.1) is 10.1 Å². The molecule has 2 aromatic rings. The second kappa shape index (κ2) is 9.40. The Hall–Kier alpha value is -2.88. The van der Waals surface area contributed by atoms with Gasteiger partial charge in [-0.1, -0.05) is 6.07 Å². The van der Waals surface area contributed by atoms with Gasteiger partial charge >= 0.3 is 0 Å². The molecule has 1 amide bonds. The summed E-state index contributed by atoms with van der Waals surface area (Å²) in [5.41, 5.74) is 2.22.